The minimum Gasteiger partial charge on any atom is -0.481 e. The lowest BCUT2D eigenvalue weighted by Gasteiger charge is -2.21. The molecule has 0 amide bonds. The number of aliphatic carboxylic acids is 1. The second-order valence-electron chi connectivity index (χ2n) is 9.57. The third kappa shape index (κ3) is 7.54. The number of aromatic nitrogens is 2. The third-order valence-electron chi connectivity index (χ3n) is 6.70. The molecule has 1 aliphatic carbocycles. The number of hydrogen-bond donors (Lipinski definition) is 1. The Labute approximate surface area is 202 Å². The summed E-state index contributed by atoms with van der Waals surface area (Å²) < 4.78 is 16.0. The lowest BCUT2D eigenvalue weighted by atomic mass is 9.84. The highest BCUT2D eigenvalue weighted by atomic mass is 19.1. The number of halogens is 1. The van der Waals surface area contributed by atoms with Crippen molar-refractivity contribution in [2.75, 3.05) is 0 Å². The van der Waals surface area contributed by atoms with Crippen molar-refractivity contribution in [2.24, 2.45) is 5.92 Å². The molecule has 0 spiro atoms. The van der Waals surface area contributed by atoms with Crippen LogP contribution in [-0.2, 0) is 17.8 Å². The molecule has 0 bridgehead atoms. The van der Waals surface area contributed by atoms with E-state index in [1.165, 1.54) is 44.2 Å². The van der Waals surface area contributed by atoms with E-state index in [0.717, 1.165) is 53.4 Å². The largest absolute Gasteiger partial charge is 0.481 e. The zero-order valence-corrected chi connectivity index (χ0v) is 20.5. The molecule has 1 fully saturated rings. The van der Waals surface area contributed by atoms with Crippen LogP contribution in [0.2, 0.25) is 0 Å². The molecule has 3 rings (SSSR count). The summed E-state index contributed by atoms with van der Waals surface area (Å²) in [5.74, 6) is 0.298. The molecule has 4 nitrogen and oxygen atoms in total. The van der Waals surface area contributed by atoms with Gasteiger partial charge in [-0.15, -0.1) is 0 Å². The third-order valence-corrected chi connectivity index (χ3v) is 6.70. The molecular formula is C29H37FN2O2. The second-order valence-corrected chi connectivity index (χ2v) is 9.57. The number of hydrogen-bond acceptors (Lipinski definition) is 2. The number of rotatable bonds is 11. The zero-order chi connectivity index (χ0) is 24.5. The van der Waals surface area contributed by atoms with Gasteiger partial charge in [-0.1, -0.05) is 68.6 Å². The van der Waals surface area contributed by atoms with Crippen LogP contribution < -0.4 is 0 Å². The van der Waals surface area contributed by atoms with Gasteiger partial charge in [0.1, 0.15) is 11.6 Å². The Balaban J connectivity index is 1.82. The Morgan fingerprint density at radius 1 is 1.29 bits per heavy atom. The van der Waals surface area contributed by atoms with Crippen molar-refractivity contribution in [2.45, 2.75) is 77.7 Å². The summed E-state index contributed by atoms with van der Waals surface area (Å²) in [6.45, 7) is 8.47. The molecule has 34 heavy (non-hydrogen) atoms. The molecule has 1 atom stereocenters. The van der Waals surface area contributed by atoms with Crippen LogP contribution in [0.5, 0.6) is 0 Å². The van der Waals surface area contributed by atoms with Gasteiger partial charge in [-0.2, -0.15) is 0 Å². The zero-order valence-electron chi connectivity index (χ0n) is 20.5. The summed E-state index contributed by atoms with van der Waals surface area (Å²) in [7, 11) is 0. The molecule has 1 saturated carbocycles. The van der Waals surface area contributed by atoms with Gasteiger partial charge in [0.15, 0.2) is 0 Å². The lowest BCUT2D eigenvalue weighted by molar-refractivity contribution is -0.137. The van der Waals surface area contributed by atoms with Crippen molar-refractivity contribution in [1.29, 1.82) is 0 Å². The van der Waals surface area contributed by atoms with E-state index >= 15 is 0 Å². The van der Waals surface area contributed by atoms with E-state index in [1.54, 1.807) is 6.07 Å². The summed E-state index contributed by atoms with van der Waals surface area (Å²) in [6.07, 6.45) is 18.2. The highest BCUT2D eigenvalue weighted by molar-refractivity contribution is 5.69. The Kier molecular flexibility index (Phi) is 9.43. The first-order chi connectivity index (χ1) is 16.3. The minimum atomic E-state index is -0.882. The van der Waals surface area contributed by atoms with Gasteiger partial charge in [0.05, 0.1) is 6.42 Å². The van der Waals surface area contributed by atoms with Gasteiger partial charge in [-0.05, 0) is 55.0 Å². The van der Waals surface area contributed by atoms with Crippen molar-refractivity contribution >= 4 is 5.97 Å². The maximum Gasteiger partial charge on any atom is 0.304 e. The summed E-state index contributed by atoms with van der Waals surface area (Å²) in [5.41, 5.74) is 3.39. The summed E-state index contributed by atoms with van der Waals surface area (Å²) >= 11 is 0. The van der Waals surface area contributed by atoms with Gasteiger partial charge in [0, 0.05) is 31.3 Å². The second kappa shape index (κ2) is 12.5. The maximum atomic E-state index is 13.7. The van der Waals surface area contributed by atoms with E-state index < -0.39 is 5.97 Å². The molecule has 1 aromatic heterocycles. The van der Waals surface area contributed by atoms with Crippen molar-refractivity contribution in [3.05, 3.63) is 89.3 Å². The first-order valence-corrected chi connectivity index (χ1v) is 12.3. The maximum absolute atomic E-state index is 13.7. The Morgan fingerprint density at radius 3 is 2.74 bits per heavy atom. The topological polar surface area (TPSA) is 55.1 Å². The molecular weight excluding hydrogens is 427 g/mol. The minimum absolute atomic E-state index is 0.0587. The van der Waals surface area contributed by atoms with Crippen molar-refractivity contribution in [1.82, 2.24) is 9.55 Å². The number of allylic oxidation sites excluding steroid dienone is 5. The van der Waals surface area contributed by atoms with Crippen LogP contribution in [0.3, 0.4) is 0 Å². The fourth-order valence-electron chi connectivity index (χ4n) is 4.93. The molecule has 2 aromatic rings. The molecule has 1 aromatic carbocycles. The van der Waals surface area contributed by atoms with Crippen LogP contribution >= 0.6 is 0 Å². The molecule has 1 N–H and O–H groups in total. The molecule has 1 unspecified atom stereocenters. The SMILES string of the molecule is C=C(C)/C=C\C(=C/CCn1ccnc1CC1CCCCC1)C(CC(=O)O)c1ccc(F)cc1C. The van der Waals surface area contributed by atoms with E-state index in [4.69, 9.17) is 0 Å². The number of imidazole rings is 1. The summed E-state index contributed by atoms with van der Waals surface area (Å²) in [4.78, 5) is 16.4. The van der Waals surface area contributed by atoms with Gasteiger partial charge in [-0.25, -0.2) is 9.37 Å². The van der Waals surface area contributed by atoms with Crippen LogP contribution in [0.25, 0.3) is 0 Å². The van der Waals surface area contributed by atoms with Gasteiger partial charge in [0.25, 0.3) is 0 Å². The summed E-state index contributed by atoms with van der Waals surface area (Å²) in [6, 6.07) is 4.58. The number of benzene rings is 1. The van der Waals surface area contributed by atoms with E-state index in [1.807, 2.05) is 38.4 Å². The van der Waals surface area contributed by atoms with Crippen LogP contribution in [0, 0.1) is 18.7 Å². The number of aryl methyl sites for hydroxylation is 2. The average Bonchev–Trinajstić information content (AvgIpc) is 3.22. The predicted octanol–water partition coefficient (Wildman–Crippen LogP) is 7.16. The van der Waals surface area contributed by atoms with Gasteiger partial charge >= 0.3 is 5.97 Å². The number of carboxylic acids is 1. The lowest BCUT2D eigenvalue weighted by Crippen LogP contribution is -2.13. The molecule has 0 aliphatic heterocycles. The first-order valence-electron chi connectivity index (χ1n) is 12.3. The van der Waals surface area contributed by atoms with Crippen molar-refractivity contribution < 1.29 is 14.3 Å². The van der Waals surface area contributed by atoms with E-state index in [0.29, 0.717) is 0 Å². The highest BCUT2D eigenvalue weighted by Crippen LogP contribution is 2.32. The van der Waals surface area contributed by atoms with Crippen molar-refractivity contribution in [3.8, 4) is 0 Å². The summed E-state index contributed by atoms with van der Waals surface area (Å²) in [5, 5.41) is 9.63. The molecule has 0 radical (unpaired) electrons. The van der Waals surface area contributed by atoms with E-state index in [9.17, 15) is 14.3 Å². The van der Waals surface area contributed by atoms with Gasteiger partial charge < -0.3 is 9.67 Å². The van der Waals surface area contributed by atoms with Crippen LogP contribution in [-0.4, -0.2) is 20.6 Å². The Bertz CT molecular complexity index is 1040. The average molecular weight is 465 g/mol. The fraction of sp³-hybridized carbons (Fsp3) is 0.448. The number of carboxylic acid groups (broad SMARTS) is 1. The molecule has 1 heterocycles. The Morgan fingerprint density at radius 2 is 2.06 bits per heavy atom. The fourth-order valence-corrected chi connectivity index (χ4v) is 4.93. The quantitative estimate of drug-likeness (QED) is 0.359. The number of nitrogens with zero attached hydrogens (tertiary/aromatic N) is 2. The number of carbonyl (C=O) groups is 1. The van der Waals surface area contributed by atoms with E-state index in [2.05, 4.69) is 22.2 Å². The smallest absolute Gasteiger partial charge is 0.304 e. The van der Waals surface area contributed by atoms with Crippen LogP contribution in [0.1, 0.15) is 74.7 Å². The standard InChI is InChI=1S/C29H37FN2O2/c1-21(2)11-12-24(27(20-29(33)34)26-14-13-25(30)18-22(26)3)10-7-16-32-17-15-31-28(32)19-23-8-5-4-6-9-23/h10-15,17-18,23,27H,1,4-9,16,19-20H2,2-3H3,(H,33,34)/b12-11-,24-10+. The normalized spacial score (nSPS) is 16.1. The van der Waals surface area contributed by atoms with Crippen molar-refractivity contribution in [3.63, 3.8) is 0 Å². The molecule has 1 aliphatic rings. The van der Waals surface area contributed by atoms with Crippen LogP contribution in [0.4, 0.5) is 4.39 Å². The molecule has 182 valence electrons. The highest BCUT2D eigenvalue weighted by Gasteiger charge is 2.21. The van der Waals surface area contributed by atoms with E-state index in [-0.39, 0.29) is 18.2 Å². The monoisotopic (exact) mass is 464 g/mol. The molecule has 0 saturated heterocycles. The van der Waals surface area contributed by atoms with Gasteiger partial charge in [0.2, 0.25) is 0 Å². The predicted molar refractivity (Wildman–Crippen MR) is 135 cm³/mol. The first kappa shape index (κ1) is 25.7. The molecule has 5 heteroatoms. The van der Waals surface area contributed by atoms with Crippen LogP contribution in [0.15, 0.2) is 66.5 Å². The Hall–Kier alpha value is -2.95. The van der Waals surface area contributed by atoms with Gasteiger partial charge in [-0.3, -0.25) is 4.79 Å².